The Morgan fingerprint density at radius 1 is 0.849 bits per heavy atom. The zero-order valence-electron chi connectivity index (χ0n) is 55.0. The maximum absolute atomic E-state index is 15.1. The first-order valence-corrected chi connectivity index (χ1v) is 35.0. The number of rotatable bonds is 42. The van der Waals surface area contributed by atoms with E-state index >= 15 is 4.79 Å². The van der Waals surface area contributed by atoms with Crippen LogP contribution in [0.15, 0.2) is 29.6 Å². The summed E-state index contributed by atoms with van der Waals surface area (Å²) in [5.74, 6) is -8.79. The van der Waals surface area contributed by atoms with E-state index < -0.39 is 134 Å². The molecule has 0 aliphatic carbocycles. The lowest BCUT2D eigenvalue weighted by Gasteiger charge is -2.39. The Bertz CT molecular complexity index is 2720. The fourth-order valence-electron chi connectivity index (χ4n) is 10.3. The van der Waals surface area contributed by atoms with Crippen LogP contribution in [0.3, 0.4) is 0 Å². The number of carbonyl (C=O) groups excluding carboxylic acids is 9. The Morgan fingerprint density at radius 3 is 2.14 bits per heavy atom. The highest BCUT2D eigenvalue weighted by atomic mass is 33.1. The van der Waals surface area contributed by atoms with Gasteiger partial charge in [-0.2, -0.15) is 0 Å². The highest BCUT2D eigenvalue weighted by molar-refractivity contribution is 8.76. The van der Waals surface area contributed by atoms with Crippen molar-refractivity contribution in [3.63, 3.8) is 0 Å². The van der Waals surface area contributed by atoms with Gasteiger partial charge in [-0.15, -0.1) is 11.3 Å². The molecule has 30 heteroatoms. The standard InChI is InChI=1S/C63H99N7O20S3/c1-11-37(6)45(28-50(75)47-14-12-13-21-69(47)10)61(84)70(34-89-55(79)24-35(2)3)48(36(4)5)29-53(90-40(9)72)60-66-46(33-91-60)59(83)65-43(26-41-16-18-44(73)19-17-41)25-39(8)58(82)67-68-63(87)88-22-23-92-93-32-42(62(85)86)27-49(74)38(7)15-20-54(78)64-30-51(76)56(80)57(81)52(77)31-71/h16-19,33,35-39,42-43,45,47-48,51-53,56-57,71,73,76-77,80-81H,11-15,20-32,34H2,1-10H3,(H,64,78)(H,65,83)(H,67,82)(H,68,87)(H,85,86)/t37?,38-,39-,42-,43+,45-,47+,48+,51-,52+,53+,56+,57+/m0/s1. The fourth-order valence-corrected chi connectivity index (χ4v) is 13.3. The number of carboxylic acid groups (broad SMARTS) is 1. The number of Topliss-reactive ketones (excluding diaryl/α,β-unsaturated/α-hetero) is 2. The first-order chi connectivity index (χ1) is 43.9. The van der Waals surface area contributed by atoms with Gasteiger partial charge in [0.1, 0.15) is 47.2 Å². The van der Waals surface area contributed by atoms with E-state index in [1.54, 1.807) is 19.1 Å². The van der Waals surface area contributed by atoms with Gasteiger partial charge in [0.15, 0.2) is 18.6 Å². The zero-order chi connectivity index (χ0) is 69.6. The number of amides is 5. The second kappa shape index (κ2) is 41.8. The van der Waals surface area contributed by atoms with Crippen LogP contribution >= 0.6 is 32.9 Å². The van der Waals surface area contributed by atoms with Crippen LogP contribution in [0.25, 0.3) is 0 Å². The molecule has 1 aliphatic rings. The second-order valence-corrected chi connectivity index (χ2v) is 28.2. The third-order valence-electron chi connectivity index (χ3n) is 16.3. The number of piperidine rings is 1. The van der Waals surface area contributed by atoms with Crippen molar-refractivity contribution in [1.29, 1.82) is 0 Å². The minimum atomic E-state index is -1.87. The number of aromatic hydroxyl groups is 1. The van der Waals surface area contributed by atoms with E-state index in [0.717, 1.165) is 41.5 Å². The number of likely N-dealkylation sites (N-methyl/N-ethyl adjacent to an activating group) is 1. The van der Waals surface area contributed by atoms with E-state index in [4.69, 9.17) is 19.3 Å². The smallest absolute Gasteiger partial charge is 0.426 e. The number of thiazole rings is 1. The van der Waals surface area contributed by atoms with E-state index in [2.05, 4.69) is 26.5 Å². The monoisotopic (exact) mass is 1370 g/mol. The Kier molecular flexibility index (Phi) is 36.5. The molecule has 93 heavy (non-hydrogen) atoms. The molecule has 0 spiro atoms. The van der Waals surface area contributed by atoms with Gasteiger partial charge in [-0.3, -0.25) is 53.5 Å². The van der Waals surface area contributed by atoms with Gasteiger partial charge in [-0.1, -0.05) is 102 Å². The molecule has 1 aromatic heterocycles. The number of ether oxygens (including phenoxy) is 3. The lowest BCUT2D eigenvalue weighted by Crippen LogP contribution is -2.50. The predicted octanol–water partition coefficient (Wildman–Crippen LogP) is 4.48. The highest BCUT2D eigenvalue weighted by Gasteiger charge is 2.40. The molecule has 2 heterocycles. The number of aliphatic hydroxyl groups is 5. The maximum atomic E-state index is 15.1. The van der Waals surface area contributed by atoms with E-state index in [0.29, 0.717) is 18.4 Å². The average molecular weight is 1370 g/mol. The number of likely N-dealkylation sites (tertiary alicyclic amines) is 1. The molecule has 0 saturated carbocycles. The van der Waals surface area contributed by atoms with Crippen LogP contribution < -0.4 is 21.5 Å². The number of aliphatic hydroxyl groups excluding tert-OH is 5. The number of nitrogens with zero attached hydrogens (tertiary/aromatic N) is 3. The second-order valence-electron chi connectivity index (χ2n) is 24.7. The summed E-state index contributed by atoms with van der Waals surface area (Å²) in [6, 6.07) is 4.47. The van der Waals surface area contributed by atoms with Crippen LogP contribution in [0.2, 0.25) is 0 Å². The van der Waals surface area contributed by atoms with Crippen molar-refractivity contribution in [3.8, 4) is 5.75 Å². The topological polar surface area (TPSA) is 407 Å². The fraction of sp³-hybridized carbons (Fsp3) is 0.698. The quantitative estimate of drug-likeness (QED) is 0.0109. The van der Waals surface area contributed by atoms with E-state index in [1.165, 1.54) is 47.1 Å². The predicted molar refractivity (Wildman–Crippen MR) is 348 cm³/mol. The van der Waals surface area contributed by atoms with Gasteiger partial charge in [0.25, 0.3) is 5.91 Å². The number of benzene rings is 1. The molecule has 11 N–H and O–H groups in total. The molecule has 5 amide bonds. The summed E-state index contributed by atoms with van der Waals surface area (Å²) < 4.78 is 16.9. The molecular formula is C63H99N7O20S3. The van der Waals surface area contributed by atoms with Crippen molar-refractivity contribution < 1.29 is 97.9 Å². The zero-order valence-corrected chi connectivity index (χ0v) is 57.4. The van der Waals surface area contributed by atoms with Gasteiger partial charge in [-0.05, 0) is 81.1 Å². The first kappa shape index (κ1) is 81.2. The summed E-state index contributed by atoms with van der Waals surface area (Å²) in [6.45, 7) is 14.6. The van der Waals surface area contributed by atoms with Crippen LogP contribution in [0.1, 0.15) is 160 Å². The third kappa shape index (κ3) is 28.9. The number of ketones is 2. The molecule has 524 valence electrons. The van der Waals surface area contributed by atoms with Gasteiger partial charge in [0, 0.05) is 92.3 Å². The number of carbonyl (C=O) groups is 10. The molecule has 2 aromatic rings. The van der Waals surface area contributed by atoms with Gasteiger partial charge in [0.05, 0.1) is 24.7 Å². The molecule has 1 saturated heterocycles. The minimum Gasteiger partial charge on any atom is -0.508 e. The van der Waals surface area contributed by atoms with Crippen LogP contribution in [0.5, 0.6) is 5.75 Å². The summed E-state index contributed by atoms with van der Waals surface area (Å²) >= 11 is 1.05. The molecule has 0 bridgehead atoms. The maximum Gasteiger partial charge on any atom is 0.426 e. The van der Waals surface area contributed by atoms with Gasteiger partial charge in [0.2, 0.25) is 17.7 Å². The summed E-state index contributed by atoms with van der Waals surface area (Å²) in [5.41, 5.74) is 5.16. The van der Waals surface area contributed by atoms with E-state index in [1.807, 2.05) is 53.5 Å². The number of hydrazine groups is 1. The molecule has 1 unspecified atom stereocenters. The summed E-state index contributed by atoms with van der Waals surface area (Å²) in [6.07, 6.45) is -6.22. The summed E-state index contributed by atoms with van der Waals surface area (Å²) in [5, 5.41) is 74.9. The molecule has 0 radical (unpaired) electrons. The van der Waals surface area contributed by atoms with Crippen molar-refractivity contribution >= 4 is 92.1 Å². The number of carboxylic acids is 1. The van der Waals surface area contributed by atoms with Crippen LogP contribution in [0.4, 0.5) is 4.79 Å². The largest absolute Gasteiger partial charge is 0.508 e. The third-order valence-corrected chi connectivity index (χ3v) is 19.6. The number of nitrogens with one attached hydrogen (secondary N) is 4. The van der Waals surface area contributed by atoms with Crippen molar-refractivity contribution in [2.75, 3.05) is 51.6 Å². The summed E-state index contributed by atoms with van der Waals surface area (Å²) in [7, 11) is 4.22. The number of aliphatic carboxylic acids is 1. The Morgan fingerprint density at radius 2 is 1.53 bits per heavy atom. The molecule has 1 fully saturated rings. The van der Waals surface area contributed by atoms with E-state index in [-0.39, 0.29) is 121 Å². The Labute approximate surface area is 556 Å². The molecular weight excluding hydrogens is 1270 g/mol. The number of phenolic OH excluding ortho intramolecular Hbond substituents is 1. The number of phenols is 1. The van der Waals surface area contributed by atoms with Crippen molar-refractivity contribution in [2.45, 2.75) is 188 Å². The van der Waals surface area contributed by atoms with Crippen molar-refractivity contribution in [3.05, 3.63) is 45.9 Å². The Hall–Kier alpha value is -5.99. The van der Waals surface area contributed by atoms with E-state index in [9.17, 15) is 73.8 Å². The van der Waals surface area contributed by atoms with Crippen LogP contribution in [-0.4, -0.2) is 204 Å². The Balaban J connectivity index is 1.65. The lowest BCUT2D eigenvalue weighted by molar-refractivity contribution is -0.162. The molecule has 1 aliphatic heterocycles. The number of hydrogen-bond donors (Lipinski definition) is 11. The number of esters is 2. The van der Waals surface area contributed by atoms with Gasteiger partial charge < -0.3 is 65.5 Å². The highest BCUT2D eigenvalue weighted by Crippen LogP contribution is 2.34. The molecule has 1 aromatic carbocycles. The van der Waals surface area contributed by atoms with Crippen molar-refractivity contribution in [2.24, 2.45) is 41.4 Å². The minimum absolute atomic E-state index is 0.00729. The lowest BCUT2D eigenvalue weighted by atomic mass is 9.82. The SMILES string of the molecule is CCC(C)[C@H](CC(=O)[C@H]1CCCCN1C)C(=O)N(COC(=O)CC(C)C)[C@H](C[C@@H](OC(C)=O)c1nc(C(=O)N[C@@H](Cc2ccc(O)cc2)C[C@H](C)C(=O)NNC(=O)OCCSSC[C@H](CC(=O)[C@@H](C)CCC(=O)NC[C@H](O)[C@@H](O)[C@H](O)[C@H](O)CO)C(=O)O)cs1)C(C)C. The summed E-state index contributed by atoms with van der Waals surface area (Å²) in [4.78, 5) is 141. The average Bonchev–Trinajstić information content (AvgIpc) is 1.85. The molecule has 13 atom stereocenters. The van der Waals surface area contributed by atoms with Gasteiger partial charge >= 0.3 is 24.0 Å². The normalized spacial score (nSPS) is 17.4. The van der Waals surface area contributed by atoms with Crippen LogP contribution in [-0.2, 0) is 59.0 Å². The molecule has 27 nitrogen and oxygen atoms in total. The number of aromatic nitrogens is 1. The van der Waals surface area contributed by atoms with Crippen molar-refractivity contribution in [1.82, 2.24) is 36.3 Å². The van der Waals surface area contributed by atoms with Gasteiger partial charge in [-0.25, -0.2) is 15.2 Å². The van der Waals surface area contributed by atoms with Crippen LogP contribution in [0, 0.1) is 41.4 Å². The number of hydrogen-bond acceptors (Lipinski definition) is 24. The first-order valence-electron chi connectivity index (χ1n) is 31.6. The molecule has 3 rings (SSSR count).